The first-order chi connectivity index (χ1) is 13.0. The molecule has 27 heavy (non-hydrogen) atoms. The average Bonchev–Trinajstić information content (AvgIpc) is 3.02. The number of hydrogen-bond donors (Lipinski definition) is 2. The number of aromatic nitrogens is 2. The van der Waals surface area contributed by atoms with Crippen LogP contribution in [0.5, 0.6) is 0 Å². The molecule has 1 fully saturated rings. The Kier molecular flexibility index (Phi) is 4.48. The van der Waals surface area contributed by atoms with Gasteiger partial charge in [0.25, 0.3) is 0 Å². The fraction of sp³-hybridized carbons (Fsp3) is 0.333. The Morgan fingerprint density at radius 2 is 2.00 bits per heavy atom. The highest BCUT2D eigenvalue weighted by atomic mass is 16.2. The number of piperidine rings is 1. The summed E-state index contributed by atoms with van der Waals surface area (Å²) >= 11 is 0. The van der Waals surface area contributed by atoms with Crippen molar-refractivity contribution in [2.75, 3.05) is 18.8 Å². The second-order valence-electron chi connectivity index (χ2n) is 7.29. The number of rotatable bonds is 3. The number of aromatic amines is 1. The average molecular weight is 364 g/mol. The van der Waals surface area contributed by atoms with Gasteiger partial charge in [0.1, 0.15) is 0 Å². The van der Waals surface area contributed by atoms with Crippen molar-refractivity contribution in [1.82, 2.24) is 14.5 Å². The van der Waals surface area contributed by atoms with Crippen LogP contribution in [0.3, 0.4) is 0 Å². The molecule has 1 aliphatic heterocycles. The molecule has 1 aromatic heterocycles. The first-order valence-electron chi connectivity index (χ1n) is 9.38. The molecule has 1 amide bonds. The molecule has 1 aliphatic rings. The summed E-state index contributed by atoms with van der Waals surface area (Å²) in [5.41, 5.74) is 8.98. The van der Waals surface area contributed by atoms with Crippen LogP contribution in [-0.4, -0.2) is 33.4 Å². The number of nitrogens with two attached hydrogens (primary N) is 1. The van der Waals surface area contributed by atoms with Crippen LogP contribution in [0.4, 0.5) is 5.69 Å². The fourth-order valence-electron chi connectivity index (χ4n) is 4.02. The maximum atomic E-state index is 13.0. The summed E-state index contributed by atoms with van der Waals surface area (Å²) < 4.78 is 1.76. The standard InChI is InChI=1S/C21H24N4O2/c1-14(15-6-3-2-4-7-15)20(26)24-11-5-8-17(13-24)25-19-12-16(22)9-10-18(19)23-21(25)27/h2-4,6-7,9-10,12,14,17H,5,8,11,13,22H2,1H3,(H,23,27)/t14-,17-/m0/s1. The number of fused-ring (bicyclic) bond motifs is 1. The first kappa shape index (κ1) is 17.4. The number of nitrogen functional groups attached to an aromatic ring is 1. The summed E-state index contributed by atoms with van der Waals surface area (Å²) in [6.07, 6.45) is 1.74. The molecule has 2 atom stereocenters. The number of nitrogens with zero attached hydrogens (tertiary/aromatic N) is 2. The summed E-state index contributed by atoms with van der Waals surface area (Å²) in [6.45, 7) is 3.21. The van der Waals surface area contributed by atoms with Crippen molar-refractivity contribution in [3.8, 4) is 0 Å². The van der Waals surface area contributed by atoms with E-state index in [0.29, 0.717) is 12.2 Å². The number of anilines is 1. The zero-order chi connectivity index (χ0) is 19.0. The minimum Gasteiger partial charge on any atom is -0.399 e. The summed E-state index contributed by atoms with van der Waals surface area (Å²) in [7, 11) is 0. The smallest absolute Gasteiger partial charge is 0.326 e. The van der Waals surface area contributed by atoms with Gasteiger partial charge in [-0.15, -0.1) is 0 Å². The van der Waals surface area contributed by atoms with Gasteiger partial charge in [0.15, 0.2) is 0 Å². The number of amides is 1. The molecule has 0 saturated carbocycles. The lowest BCUT2D eigenvalue weighted by atomic mass is 9.97. The van der Waals surface area contributed by atoms with Crippen molar-refractivity contribution < 1.29 is 4.79 Å². The number of carbonyl (C=O) groups is 1. The topological polar surface area (TPSA) is 84.1 Å². The molecule has 0 bridgehead atoms. The Bertz CT molecular complexity index is 1020. The lowest BCUT2D eigenvalue weighted by Gasteiger charge is -2.35. The highest BCUT2D eigenvalue weighted by molar-refractivity contribution is 5.83. The van der Waals surface area contributed by atoms with E-state index in [9.17, 15) is 9.59 Å². The molecule has 0 aliphatic carbocycles. The number of hydrogen-bond acceptors (Lipinski definition) is 3. The van der Waals surface area contributed by atoms with E-state index in [4.69, 9.17) is 5.73 Å². The van der Waals surface area contributed by atoms with E-state index in [1.165, 1.54) is 0 Å². The van der Waals surface area contributed by atoms with Gasteiger partial charge in [-0.05, 0) is 43.5 Å². The number of benzene rings is 2. The Labute approximate surface area is 157 Å². The van der Waals surface area contributed by atoms with Crippen LogP contribution in [0.15, 0.2) is 53.3 Å². The van der Waals surface area contributed by atoms with Gasteiger partial charge in [-0.1, -0.05) is 30.3 Å². The fourth-order valence-corrected chi connectivity index (χ4v) is 4.02. The van der Waals surface area contributed by atoms with Crippen molar-refractivity contribution >= 4 is 22.6 Å². The molecule has 6 heteroatoms. The van der Waals surface area contributed by atoms with Crippen molar-refractivity contribution in [2.45, 2.75) is 31.7 Å². The summed E-state index contributed by atoms with van der Waals surface area (Å²) in [6, 6.07) is 15.2. The molecule has 6 nitrogen and oxygen atoms in total. The third-order valence-corrected chi connectivity index (χ3v) is 5.49. The molecule has 2 heterocycles. The third kappa shape index (κ3) is 3.23. The minimum absolute atomic E-state index is 0.0475. The quantitative estimate of drug-likeness (QED) is 0.701. The van der Waals surface area contributed by atoms with Gasteiger partial charge in [-0.3, -0.25) is 9.36 Å². The van der Waals surface area contributed by atoms with Gasteiger partial charge in [-0.2, -0.15) is 0 Å². The molecular weight excluding hydrogens is 340 g/mol. The van der Waals surface area contributed by atoms with Gasteiger partial charge in [0.2, 0.25) is 5.91 Å². The first-order valence-corrected chi connectivity index (χ1v) is 9.38. The molecule has 140 valence electrons. The van der Waals surface area contributed by atoms with Gasteiger partial charge in [-0.25, -0.2) is 4.79 Å². The van der Waals surface area contributed by atoms with Crippen molar-refractivity contribution in [1.29, 1.82) is 0 Å². The lowest BCUT2D eigenvalue weighted by molar-refractivity contribution is -0.134. The molecule has 3 aromatic rings. The highest BCUT2D eigenvalue weighted by Crippen LogP contribution is 2.27. The SMILES string of the molecule is C[C@H](C(=O)N1CCC[C@H](n2c(=O)[nH]c3ccc(N)cc32)C1)c1ccccc1. The zero-order valence-corrected chi connectivity index (χ0v) is 15.4. The highest BCUT2D eigenvalue weighted by Gasteiger charge is 2.29. The Balaban J connectivity index is 1.60. The van der Waals surface area contributed by atoms with Crippen molar-refractivity contribution in [3.05, 3.63) is 64.6 Å². The van der Waals surface area contributed by atoms with Gasteiger partial charge >= 0.3 is 5.69 Å². The normalized spacial score (nSPS) is 18.6. The van der Waals surface area contributed by atoms with Crippen LogP contribution in [0.1, 0.15) is 37.3 Å². The van der Waals surface area contributed by atoms with Crippen LogP contribution in [-0.2, 0) is 4.79 Å². The van der Waals surface area contributed by atoms with Crippen molar-refractivity contribution in [2.24, 2.45) is 0 Å². The van der Waals surface area contributed by atoms with E-state index in [1.807, 2.05) is 54.3 Å². The monoisotopic (exact) mass is 364 g/mol. The number of likely N-dealkylation sites (tertiary alicyclic amines) is 1. The Hall–Kier alpha value is -3.02. The molecule has 2 aromatic carbocycles. The molecule has 4 rings (SSSR count). The predicted octanol–water partition coefficient (Wildman–Crippen LogP) is 2.88. The Morgan fingerprint density at radius 3 is 2.78 bits per heavy atom. The maximum Gasteiger partial charge on any atom is 0.326 e. The molecule has 1 saturated heterocycles. The van der Waals surface area contributed by atoms with Gasteiger partial charge in [0, 0.05) is 18.8 Å². The molecule has 0 spiro atoms. The van der Waals surface area contributed by atoms with Crippen LogP contribution < -0.4 is 11.4 Å². The molecule has 0 radical (unpaired) electrons. The van der Waals surface area contributed by atoms with Crippen LogP contribution in [0.2, 0.25) is 0 Å². The second kappa shape index (κ2) is 6.95. The third-order valence-electron chi connectivity index (χ3n) is 5.49. The second-order valence-corrected chi connectivity index (χ2v) is 7.29. The number of H-pyrrole nitrogens is 1. The van der Waals surface area contributed by atoms with Crippen LogP contribution in [0.25, 0.3) is 11.0 Å². The summed E-state index contributed by atoms with van der Waals surface area (Å²) in [5, 5.41) is 0. The van der Waals surface area contributed by atoms with Crippen LogP contribution in [0, 0.1) is 0 Å². The number of imidazole rings is 1. The zero-order valence-electron chi connectivity index (χ0n) is 15.4. The molecular formula is C21H24N4O2. The molecule has 0 unspecified atom stereocenters. The predicted molar refractivity (Wildman–Crippen MR) is 107 cm³/mol. The lowest BCUT2D eigenvalue weighted by Crippen LogP contribution is -2.44. The van der Waals surface area contributed by atoms with E-state index in [0.717, 1.165) is 36.0 Å². The van der Waals surface area contributed by atoms with E-state index < -0.39 is 0 Å². The molecule has 3 N–H and O–H groups in total. The summed E-state index contributed by atoms with van der Waals surface area (Å²) in [4.78, 5) is 30.4. The number of carbonyl (C=O) groups excluding carboxylic acids is 1. The minimum atomic E-state index is -0.194. The van der Waals surface area contributed by atoms with E-state index in [2.05, 4.69) is 4.98 Å². The van der Waals surface area contributed by atoms with Crippen molar-refractivity contribution in [3.63, 3.8) is 0 Å². The van der Waals surface area contributed by atoms with Gasteiger partial charge in [0.05, 0.1) is 23.0 Å². The van der Waals surface area contributed by atoms with E-state index in [1.54, 1.807) is 10.6 Å². The van der Waals surface area contributed by atoms with E-state index in [-0.39, 0.29) is 23.6 Å². The van der Waals surface area contributed by atoms with E-state index >= 15 is 0 Å². The largest absolute Gasteiger partial charge is 0.399 e. The Morgan fingerprint density at radius 1 is 1.22 bits per heavy atom. The van der Waals surface area contributed by atoms with Gasteiger partial charge < -0.3 is 15.6 Å². The summed E-state index contributed by atoms with van der Waals surface area (Å²) in [5.74, 6) is -0.0846. The number of nitrogens with one attached hydrogen (secondary N) is 1. The maximum absolute atomic E-state index is 13.0. The van der Waals surface area contributed by atoms with Crippen LogP contribution >= 0.6 is 0 Å².